The standard InChI is InChI=1S/C28H27ClN6O3/c29-23-9-3-1-7-21(23)26-33-25(38-34-26)18-35-14-11-20(12-15-35)27(36)32-24-10-4-2-8-22(24)28(37)31-17-19-6-5-13-30-16-19/h1-10,13,16,20H,11-12,14-15,17-18H2,(H,31,37)(H,32,36). The Morgan fingerprint density at radius 1 is 1.03 bits per heavy atom. The SMILES string of the molecule is O=C(NCc1cccnc1)c1ccccc1NC(=O)C1CCN(Cc2nc(-c3ccccc3Cl)no2)CC1. The molecule has 5 rings (SSSR count). The molecule has 4 aromatic rings. The molecule has 10 heteroatoms. The highest BCUT2D eigenvalue weighted by atomic mass is 35.5. The number of piperidine rings is 1. The average molecular weight is 531 g/mol. The van der Waals surface area contributed by atoms with Crippen LogP contribution in [0.2, 0.25) is 5.02 Å². The molecule has 38 heavy (non-hydrogen) atoms. The topological polar surface area (TPSA) is 113 Å². The number of halogens is 1. The van der Waals surface area contributed by atoms with Gasteiger partial charge in [0.1, 0.15) is 0 Å². The molecule has 1 aliphatic rings. The second-order valence-corrected chi connectivity index (χ2v) is 9.53. The molecule has 2 aromatic heterocycles. The number of hydrogen-bond donors (Lipinski definition) is 2. The number of carbonyl (C=O) groups is 2. The van der Waals surface area contributed by atoms with E-state index in [-0.39, 0.29) is 17.7 Å². The number of amides is 2. The number of nitrogens with zero attached hydrogens (tertiary/aromatic N) is 4. The third-order valence-corrected chi connectivity index (χ3v) is 6.84. The molecule has 0 saturated carbocycles. The zero-order chi connectivity index (χ0) is 26.3. The largest absolute Gasteiger partial charge is 0.348 e. The van der Waals surface area contributed by atoms with Crippen molar-refractivity contribution in [1.82, 2.24) is 25.3 Å². The van der Waals surface area contributed by atoms with Crippen LogP contribution in [0.5, 0.6) is 0 Å². The summed E-state index contributed by atoms with van der Waals surface area (Å²) in [5, 5.41) is 10.5. The Labute approximate surface area is 225 Å². The van der Waals surface area contributed by atoms with Crippen molar-refractivity contribution in [2.75, 3.05) is 18.4 Å². The molecular weight excluding hydrogens is 504 g/mol. The molecular formula is C28H27ClN6O3. The third kappa shape index (κ3) is 6.24. The van der Waals surface area contributed by atoms with E-state index < -0.39 is 0 Å². The number of carbonyl (C=O) groups excluding carboxylic acids is 2. The van der Waals surface area contributed by atoms with E-state index in [0.717, 1.165) is 24.2 Å². The van der Waals surface area contributed by atoms with Crippen LogP contribution < -0.4 is 10.6 Å². The predicted octanol–water partition coefficient (Wildman–Crippen LogP) is 4.57. The molecule has 1 fully saturated rings. The summed E-state index contributed by atoms with van der Waals surface area (Å²) in [6.07, 6.45) is 4.76. The molecule has 3 heterocycles. The first kappa shape index (κ1) is 25.6. The van der Waals surface area contributed by atoms with E-state index >= 15 is 0 Å². The Bertz CT molecular complexity index is 1400. The van der Waals surface area contributed by atoms with Gasteiger partial charge < -0.3 is 15.2 Å². The first-order valence-electron chi connectivity index (χ1n) is 12.4. The van der Waals surface area contributed by atoms with Crippen LogP contribution in [0.4, 0.5) is 5.69 Å². The van der Waals surface area contributed by atoms with Gasteiger partial charge in [-0.2, -0.15) is 4.98 Å². The zero-order valence-corrected chi connectivity index (χ0v) is 21.4. The molecule has 2 amide bonds. The highest BCUT2D eigenvalue weighted by molar-refractivity contribution is 6.33. The molecule has 0 bridgehead atoms. The molecule has 0 spiro atoms. The number of anilines is 1. The van der Waals surface area contributed by atoms with E-state index in [1.165, 1.54) is 0 Å². The van der Waals surface area contributed by atoms with Crippen LogP contribution >= 0.6 is 11.6 Å². The van der Waals surface area contributed by atoms with E-state index in [2.05, 4.69) is 30.7 Å². The number of nitrogens with one attached hydrogen (secondary N) is 2. The number of hydrogen-bond acceptors (Lipinski definition) is 7. The number of benzene rings is 2. The summed E-state index contributed by atoms with van der Waals surface area (Å²) >= 11 is 6.24. The van der Waals surface area contributed by atoms with Crippen LogP contribution in [0.25, 0.3) is 11.4 Å². The van der Waals surface area contributed by atoms with Gasteiger partial charge in [-0.1, -0.05) is 47.1 Å². The summed E-state index contributed by atoms with van der Waals surface area (Å²) in [5.41, 5.74) is 2.55. The average Bonchev–Trinajstić information content (AvgIpc) is 3.41. The molecule has 194 valence electrons. The van der Waals surface area contributed by atoms with Crippen molar-refractivity contribution in [3.8, 4) is 11.4 Å². The Hall–Kier alpha value is -4.08. The number of rotatable bonds is 8. The second-order valence-electron chi connectivity index (χ2n) is 9.12. The van der Waals surface area contributed by atoms with Crippen LogP contribution in [0.3, 0.4) is 0 Å². The van der Waals surface area contributed by atoms with Crippen molar-refractivity contribution in [2.45, 2.75) is 25.9 Å². The monoisotopic (exact) mass is 530 g/mol. The molecule has 0 radical (unpaired) electrons. The highest BCUT2D eigenvalue weighted by Gasteiger charge is 2.27. The van der Waals surface area contributed by atoms with Gasteiger partial charge in [0.25, 0.3) is 5.91 Å². The molecule has 2 N–H and O–H groups in total. The van der Waals surface area contributed by atoms with Crippen LogP contribution in [0.15, 0.2) is 77.6 Å². The fourth-order valence-electron chi connectivity index (χ4n) is 4.42. The maximum Gasteiger partial charge on any atom is 0.253 e. The molecule has 2 aromatic carbocycles. The molecule has 0 unspecified atom stereocenters. The third-order valence-electron chi connectivity index (χ3n) is 6.51. The van der Waals surface area contributed by atoms with Crippen molar-refractivity contribution in [3.63, 3.8) is 0 Å². The van der Waals surface area contributed by atoms with E-state index in [1.54, 1.807) is 42.7 Å². The lowest BCUT2D eigenvalue weighted by atomic mass is 9.95. The molecule has 9 nitrogen and oxygen atoms in total. The van der Waals surface area contributed by atoms with Gasteiger partial charge in [-0.25, -0.2) is 0 Å². The zero-order valence-electron chi connectivity index (χ0n) is 20.6. The van der Waals surface area contributed by atoms with Gasteiger partial charge in [0.2, 0.25) is 17.6 Å². The minimum absolute atomic E-state index is 0.0871. The van der Waals surface area contributed by atoms with Gasteiger partial charge in [0.15, 0.2) is 0 Å². The minimum Gasteiger partial charge on any atom is -0.348 e. The van der Waals surface area contributed by atoms with Crippen molar-refractivity contribution in [3.05, 3.63) is 95.1 Å². The van der Waals surface area contributed by atoms with Crippen molar-refractivity contribution in [2.24, 2.45) is 5.92 Å². The first-order valence-corrected chi connectivity index (χ1v) is 12.8. The smallest absolute Gasteiger partial charge is 0.253 e. The number of likely N-dealkylation sites (tertiary alicyclic amines) is 1. The highest BCUT2D eigenvalue weighted by Crippen LogP contribution is 2.26. The Morgan fingerprint density at radius 3 is 2.61 bits per heavy atom. The Balaban J connectivity index is 1.13. The number of para-hydroxylation sites is 1. The summed E-state index contributed by atoms with van der Waals surface area (Å²) in [7, 11) is 0. The van der Waals surface area contributed by atoms with Gasteiger partial charge in [-0.3, -0.25) is 19.5 Å². The fraction of sp³-hybridized carbons (Fsp3) is 0.250. The van der Waals surface area contributed by atoms with Crippen molar-refractivity contribution in [1.29, 1.82) is 0 Å². The van der Waals surface area contributed by atoms with Gasteiger partial charge in [0.05, 0.1) is 22.8 Å². The lowest BCUT2D eigenvalue weighted by molar-refractivity contribution is -0.121. The maximum atomic E-state index is 13.1. The van der Waals surface area contributed by atoms with Gasteiger partial charge >= 0.3 is 0 Å². The maximum absolute atomic E-state index is 13.1. The van der Waals surface area contributed by atoms with Crippen LogP contribution in [0.1, 0.15) is 34.7 Å². The summed E-state index contributed by atoms with van der Waals surface area (Å²) in [4.78, 5) is 36.6. The van der Waals surface area contributed by atoms with Crippen molar-refractivity contribution < 1.29 is 14.1 Å². The van der Waals surface area contributed by atoms with Crippen LogP contribution in [0, 0.1) is 5.92 Å². The Kier molecular flexibility index (Phi) is 8.06. The van der Waals surface area contributed by atoms with Gasteiger partial charge in [-0.05, 0) is 61.8 Å². The number of aromatic nitrogens is 3. The lowest BCUT2D eigenvalue weighted by Gasteiger charge is -2.30. The molecule has 0 aliphatic carbocycles. The number of pyridine rings is 1. The first-order chi connectivity index (χ1) is 18.6. The fourth-order valence-corrected chi connectivity index (χ4v) is 4.64. The summed E-state index contributed by atoms with van der Waals surface area (Å²) in [6.45, 7) is 2.29. The summed E-state index contributed by atoms with van der Waals surface area (Å²) in [6, 6.07) is 18.1. The van der Waals surface area contributed by atoms with Gasteiger partial charge in [-0.15, -0.1) is 0 Å². The van der Waals surface area contributed by atoms with E-state index in [0.29, 0.717) is 53.9 Å². The van der Waals surface area contributed by atoms with Crippen LogP contribution in [-0.4, -0.2) is 44.9 Å². The predicted molar refractivity (Wildman–Crippen MR) is 143 cm³/mol. The van der Waals surface area contributed by atoms with Crippen LogP contribution in [-0.2, 0) is 17.9 Å². The molecule has 1 saturated heterocycles. The summed E-state index contributed by atoms with van der Waals surface area (Å²) in [5.74, 6) is 0.474. The summed E-state index contributed by atoms with van der Waals surface area (Å²) < 4.78 is 5.43. The van der Waals surface area contributed by atoms with Crippen molar-refractivity contribution >= 4 is 29.1 Å². The van der Waals surface area contributed by atoms with Gasteiger partial charge in [0, 0.05) is 30.4 Å². The van der Waals surface area contributed by atoms with E-state index in [9.17, 15) is 9.59 Å². The molecule has 1 aliphatic heterocycles. The quantitative estimate of drug-likeness (QED) is 0.343. The second kappa shape index (κ2) is 12.0. The normalized spacial score (nSPS) is 14.2. The van der Waals surface area contributed by atoms with E-state index in [1.807, 2.05) is 30.3 Å². The Morgan fingerprint density at radius 2 is 1.82 bits per heavy atom. The molecule has 0 atom stereocenters. The minimum atomic E-state index is -0.254. The lowest BCUT2D eigenvalue weighted by Crippen LogP contribution is -2.38. The van der Waals surface area contributed by atoms with E-state index in [4.69, 9.17) is 16.1 Å².